The normalized spacial score (nSPS) is 14.8. The van der Waals surface area contributed by atoms with Crippen molar-refractivity contribution >= 4 is 62.0 Å². The van der Waals surface area contributed by atoms with E-state index >= 15 is 0 Å². The average Bonchev–Trinajstić information content (AvgIpc) is 3.76. The van der Waals surface area contributed by atoms with Crippen molar-refractivity contribution in [1.29, 1.82) is 0 Å². The van der Waals surface area contributed by atoms with Crippen LogP contribution in [0.5, 0.6) is 11.5 Å². The Hall–Kier alpha value is -4.26. The molecule has 1 atom stereocenters. The van der Waals surface area contributed by atoms with Crippen molar-refractivity contribution in [3.05, 3.63) is 98.7 Å². The first-order valence-electron chi connectivity index (χ1n) is 15.3. The van der Waals surface area contributed by atoms with E-state index in [4.69, 9.17) is 9.47 Å². The number of aromatic nitrogens is 3. The highest BCUT2D eigenvalue weighted by molar-refractivity contribution is 8.00. The molecule has 242 valence electrons. The molecule has 0 fully saturated rings. The maximum absolute atomic E-state index is 14.1. The van der Waals surface area contributed by atoms with Crippen LogP contribution in [0.4, 0.5) is 5.13 Å². The van der Waals surface area contributed by atoms with E-state index in [2.05, 4.69) is 46.4 Å². The molecule has 0 saturated heterocycles. The number of benzene rings is 3. The van der Waals surface area contributed by atoms with Crippen LogP contribution in [-0.4, -0.2) is 45.7 Å². The van der Waals surface area contributed by atoms with Crippen LogP contribution in [0.3, 0.4) is 0 Å². The maximum atomic E-state index is 14.1. The summed E-state index contributed by atoms with van der Waals surface area (Å²) in [7, 11) is 1.54. The summed E-state index contributed by atoms with van der Waals surface area (Å²) in [5.74, 6) is -0.136. The lowest BCUT2D eigenvalue weighted by atomic mass is 9.95. The van der Waals surface area contributed by atoms with E-state index in [1.165, 1.54) is 44.7 Å². The van der Waals surface area contributed by atoms with Gasteiger partial charge in [0.1, 0.15) is 0 Å². The number of amides is 1. The lowest BCUT2D eigenvalue weighted by Gasteiger charge is -2.25. The number of aryl methyl sites for hydroxylation is 2. The number of ketones is 1. The van der Waals surface area contributed by atoms with Crippen molar-refractivity contribution in [3.8, 4) is 11.5 Å². The van der Waals surface area contributed by atoms with Gasteiger partial charge in [0.15, 0.2) is 21.6 Å². The number of carbonyl (C=O) groups excluding carboxylic acids is 2. The highest BCUT2D eigenvalue weighted by Crippen LogP contribution is 2.46. The minimum absolute atomic E-state index is 0.0411. The molecule has 47 heavy (non-hydrogen) atoms. The summed E-state index contributed by atoms with van der Waals surface area (Å²) in [4.78, 5) is 34.0. The van der Waals surface area contributed by atoms with Gasteiger partial charge in [-0.2, -0.15) is 0 Å². The van der Waals surface area contributed by atoms with Crippen LogP contribution in [0.2, 0.25) is 0 Å². The first-order valence-corrected chi connectivity index (χ1v) is 17.9. The van der Waals surface area contributed by atoms with Crippen LogP contribution in [0, 0.1) is 13.8 Å². The van der Waals surface area contributed by atoms with Gasteiger partial charge >= 0.3 is 0 Å². The summed E-state index contributed by atoms with van der Waals surface area (Å²) in [6.07, 6.45) is 3.04. The number of nitrogens with zero attached hydrogens (tertiary/aromatic N) is 4. The molecule has 6 rings (SSSR count). The van der Waals surface area contributed by atoms with Crippen LogP contribution in [0.15, 0.2) is 76.3 Å². The molecule has 1 amide bonds. The average molecular weight is 687 g/mol. The number of anilines is 1. The van der Waals surface area contributed by atoms with Gasteiger partial charge in [-0.1, -0.05) is 91.4 Å². The number of unbranched alkanes of at least 4 members (excludes halogenated alkanes) is 2. The summed E-state index contributed by atoms with van der Waals surface area (Å²) in [6, 6.07) is 18.7. The smallest absolute Gasteiger partial charge is 0.296 e. The first kappa shape index (κ1) is 32.7. The number of carbonyl (C=O) groups is 2. The summed E-state index contributed by atoms with van der Waals surface area (Å²) >= 11 is 3.98. The Morgan fingerprint density at radius 3 is 2.60 bits per heavy atom. The van der Waals surface area contributed by atoms with E-state index in [0.717, 1.165) is 30.2 Å². The third-order valence-electron chi connectivity index (χ3n) is 7.90. The molecule has 0 aliphatic carbocycles. The fraction of sp³-hybridized carbons (Fsp3) is 0.286. The van der Waals surface area contributed by atoms with Crippen molar-refractivity contribution in [2.45, 2.75) is 56.2 Å². The van der Waals surface area contributed by atoms with Crippen molar-refractivity contribution in [2.75, 3.05) is 18.6 Å². The Labute approximate surface area is 285 Å². The van der Waals surface area contributed by atoms with E-state index in [1.54, 1.807) is 32.2 Å². The van der Waals surface area contributed by atoms with E-state index in [1.807, 2.05) is 25.1 Å². The topological polar surface area (TPSA) is 115 Å². The Morgan fingerprint density at radius 2 is 1.83 bits per heavy atom. The highest BCUT2D eigenvalue weighted by atomic mass is 32.2. The quantitative estimate of drug-likeness (QED) is 0.0564. The van der Waals surface area contributed by atoms with Crippen molar-refractivity contribution in [2.24, 2.45) is 0 Å². The summed E-state index contributed by atoms with van der Waals surface area (Å²) < 4.78 is 12.3. The van der Waals surface area contributed by atoms with Gasteiger partial charge in [-0.15, -0.1) is 21.5 Å². The standard InChI is InChI=1S/C35H34N4O5S3/c1-5-6-9-17-44-26-16-15-23(18-27(26)43-4)29-28(30(40)32-20(2)36-21(3)46-32)31(41)33(42)39(29)34-37-38-35(47-34)45-19-24-13-10-12-22-11-7-8-14-25(22)24/h7-8,10-16,18,29,41H,5-6,9,17,19H2,1-4H3. The molecule has 0 spiro atoms. The first-order chi connectivity index (χ1) is 22.8. The molecule has 1 aliphatic rings. The number of aliphatic hydroxyl groups is 1. The third kappa shape index (κ3) is 6.63. The number of methoxy groups -OCH3 is 1. The number of fused-ring (bicyclic) bond motifs is 1. The zero-order chi connectivity index (χ0) is 33.1. The predicted octanol–water partition coefficient (Wildman–Crippen LogP) is 8.42. The molecular weight excluding hydrogens is 653 g/mol. The molecule has 5 aromatic rings. The van der Waals surface area contributed by atoms with E-state index in [0.29, 0.717) is 49.3 Å². The second kappa shape index (κ2) is 14.2. The molecule has 0 bridgehead atoms. The van der Waals surface area contributed by atoms with E-state index < -0.39 is 23.5 Å². The third-order valence-corrected chi connectivity index (χ3v) is 11.1. The largest absolute Gasteiger partial charge is 0.503 e. The van der Waals surface area contributed by atoms with Crippen LogP contribution in [-0.2, 0) is 10.5 Å². The van der Waals surface area contributed by atoms with Crippen LogP contribution in [0.25, 0.3) is 10.8 Å². The van der Waals surface area contributed by atoms with Gasteiger partial charge in [-0.25, -0.2) is 4.98 Å². The summed E-state index contributed by atoms with van der Waals surface area (Å²) in [5, 5.41) is 23.4. The van der Waals surface area contributed by atoms with E-state index in [-0.39, 0.29) is 10.7 Å². The summed E-state index contributed by atoms with van der Waals surface area (Å²) in [5.41, 5.74) is 2.22. The number of aliphatic hydroxyl groups excluding tert-OH is 1. The van der Waals surface area contributed by atoms with Crippen LogP contribution >= 0.6 is 34.4 Å². The lowest BCUT2D eigenvalue weighted by molar-refractivity contribution is -0.117. The Morgan fingerprint density at radius 1 is 1.02 bits per heavy atom. The Bertz CT molecular complexity index is 1980. The van der Waals surface area contributed by atoms with Gasteiger partial charge < -0.3 is 14.6 Å². The monoisotopic (exact) mass is 686 g/mol. The molecule has 9 nitrogen and oxygen atoms in total. The van der Waals surface area contributed by atoms with Gasteiger partial charge in [0, 0.05) is 5.75 Å². The van der Waals surface area contributed by atoms with Crippen molar-refractivity contribution in [3.63, 3.8) is 0 Å². The molecule has 0 radical (unpaired) electrons. The number of rotatable bonds is 13. The highest BCUT2D eigenvalue weighted by Gasteiger charge is 2.47. The number of hydrogen-bond acceptors (Lipinski definition) is 11. The number of ether oxygens (including phenoxy) is 2. The molecule has 1 aliphatic heterocycles. The number of thioether (sulfide) groups is 1. The molecule has 1 N–H and O–H groups in total. The van der Waals surface area contributed by atoms with Crippen molar-refractivity contribution < 1.29 is 24.2 Å². The molecule has 1 unspecified atom stereocenters. The maximum Gasteiger partial charge on any atom is 0.296 e. The van der Waals surface area contributed by atoms with Crippen LogP contribution < -0.4 is 14.4 Å². The van der Waals surface area contributed by atoms with Gasteiger partial charge in [-0.3, -0.25) is 14.5 Å². The van der Waals surface area contributed by atoms with Gasteiger partial charge in [0.05, 0.1) is 40.9 Å². The second-order valence-corrected chi connectivity index (χ2v) is 14.4. The molecular formula is C35H34N4O5S3. The lowest BCUT2D eigenvalue weighted by Crippen LogP contribution is -2.31. The fourth-order valence-corrected chi connectivity index (χ4v) is 8.38. The minimum atomic E-state index is -0.983. The Kier molecular flexibility index (Phi) is 9.90. The molecule has 0 saturated carbocycles. The zero-order valence-electron chi connectivity index (χ0n) is 26.5. The summed E-state index contributed by atoms with van der Waals surface area (Å²) in [6.45, 7) is 6.23. The van der Waals surface area contributed by atoms with Crippen LogP contribution in [0.1, 0.15) is 63.7 Å². The number of thiazole rings is 1. The molecule has 2 aromatic heterocycles. The minimum Gasteiger partial charge on any atom is -0.503 e. The molecule has 3 aromatic carbocycles. The fourth-order valence-electron chi connectivity index (χ4n) is 5.64. The Balaban J connectivity index is 1.35. The predicted molar refractivity (Wildman–Crippen MR) is 187 cm³/mol. The van der Waals surface area contributed by atoms with E-state index in [9.17, 15) is 14.7 Å². The van der Waals surface area contributed by atoms with Gasteiger partial charge in [-0.05, 0) is 54.3 Å². The molecule has 3 heterocycles. The number of hydrogen-bond donors (Lipinski definition) is 1. The zero-order valence-corrected chi connectivity index (χ0v) is 28.9. The van der Waals surface area contributed by atoms with Crippen molar-refractivity contribution in [1.82, 2.24) is 15.2 Å². The van der Waals surface area contributed by atoms with Gasteiger partial charge in [0.2, 0.25) is 10.9 Å². The second-order valence-electron chi connectivity index (χ2n) is 11.1. The molecule has 12 heteroatoms. The van der Waals surface area contributed by atoms with Gasteiger partial charge in [0.25, 0.3) is 5.91 Å². The number of Topliss-reactive ketones (excluding diaryl/α,β-unsaturated/α-hetero) is 1. The SMILES string of the molecule is CCCCCOc1ccc(C2C(C(=O)c3sc(C)nc3C)=C(O)C(=O)N2c2nnc(SCc3cccc4ccccc34)s2)cc1OC.